The van der Waals surface area contributed by atoms with Crippen LogP contribution in [0.5, 0.6) is 0 Å². The fraction of sp³-hybridized carbons (Fsp3) is 0. The number of fused-ring (bicyclic) bond motifs is 8. The van der Waals surface area contributed by atoms with Crippen LogP contribution in [0.1, 0.15) is 0 Å². The summed E-state index contributed by atoms with van der Waals surface area (Å²) in [6.07, 6.45) is 0. The maximum Gasteiger partial charge on any atom is 0.0555 e. The number of nitrogens with zero attached hydrogens (tertiary/aromatic N) is 2. The van der Waals surface area contributed by atoms with E-state index < -0.39 is 0 Å². The monoisotopic (exact) mass is 566 g/mol. The minimum atomic E-state index is 1.14. The lowest BCUT2D eigenvalue weighted by atomic mass is 10.1. The molecule has 0 atom stereocenters. The van der Waals surface area contributed by atoms with E-state index in [0.29, 0.717) is 0 Å². The molecule has 0 spiro atoms. The Kier molecular flexibility index (Phi) is 5.40. The van der Waals surface area contributed by atoms with Crippen molar-refractivity contribution in [3.8, 4) is 5.69 Å². The fourth-order valence-corrected chi connectivity index (χ4v) is 7.87. The van der Waals surface area contributed by atoms with Crippen LogP contribution in [-0.2, 0) is 0 Å². The highest BCUT2D eigenvalue weighted by Gasteiger charge is 2.20. The molecule has 2 aromatic heterocycles. The summed E-state index contributed by atoms with van der Waals surface area (Å²) in [5.74, 6) is 0. The summed E-state index contributed by atoms with van der Waals surface area (Å²) in [6.45, 7) is 0. The van der Waals surface area contributed by atoms with E-state index in [2.05, 4.69) is 167 Å². The lowest BCUT2D eigenvalue weighted by Gasteiger charge is -2.26. The minimum absolute atomic E-state index is 1.14. The van der Waals surface area contributed by atoms with Gasteiger partial charge in [0.2, 0.25) is 0 Å². The predicted molar refractivity (Wildman–Crippen MR) is 186 cm³/mol. The summed E-state index contributed by atoms with van der Waals surface area (Å²) in [5.41, 5.74) is 7.03. The number of anilines is 3. The number of benzene rings is 7. The molecule has 0 aliphatic carbocycles. The van der Waals surface area contributed by atoms with Gasteiger partial charge in [0.25, 0.3) is 0 Å². The van der Waals surface area contributed by atoms with E-state index in [1.807, 2.05) is 11.3 Å². The van der Waals surface area contributed by atoms with Crippen molar-refractivity contribution in [1.29, 1.82) is 0 Å². The first-order valence-corrected chi connectivity index (χ1v) is 15.4. The van der Waals surface area contributed by atoms with E-state index in [-0.39, 0.29) is 0 Å². The average Bonchev–Trinajstić information content (AvgIpc) is 3.61. The Morgan fingerprint density at radius 3 is 1.98 bits per heavy atom. The van der Waals surface area contributed by atoms with Crippen LogP contribution in [0.2, 0.25) is 0 Å². The molecule has 2 heterocycles. The Balaban J connectivity index is 1.37. The van der Waals surface area contributed by atoms with E-state index in [0.717, 1.165) is 17.1 Å². The normalized spacial score (nSPS) is 11.7. The highest BCUT2D eigenvalue weighted by molar-refractivity contribution is 7.26. The quantitative estimate of drug-likeness (QED) is 0.206. The van der Waals surface area contributed by atoms with Gasteiger partial charge in [-0.1, -0.05) is 91.0 Å². The molecule has 0 aliphatic rings. The van der Waals surface area contributed by atoms with Crippen molar-refractivity contribution in [2.75, 3.05) is 4.90 Å². The van der Waals surface area contributed by atoms with Gasteiger partial charge in [-0.25, -0.2) is 0 Å². The highest BCUT2D eigenvalue weighted by Crippen LogP contribution is 2.45. The summed E-state index contributed by atoms with van der Waals surface area (Å²) in [7, 11) is 0. The van der Waals surface area contributed by atoms with Crippen LogP contribution in [0.4, 0.5) is 17.1 Å². The van der Waals surface area contributed by atoms with Gasteiger partial charge in [-0.05, 0) is 77.5 Å². The van der Waals surface area contributed by atoms with Gasteiger partial charge in [-0.2, -0.15) is 0 Å². The largest absolute Gasteiger partial charge is 0.310 e. The lowest BCUT2D eigenvalue weighted by Crippen LogP contribution is -2.09. The number of aromatic nitrogens is 1. The maximum absolute atomic E-state index is 2.42. The number of hydrogen-bond donors (Lipinski definition) is 0. The van der Waals surface area contributed by atoms with E-state index in [4.69, 9.17) is 0 Å². The topological polar surface area (TPSA) is 8.17 Å². The molecule has 0 aliphatic heterocycles. The van der Waals surface area contributed by atoms with Crippen LogP contribution in [-0.4, -0.2) is 4.57 Å². The van der Waals surface area contributed by atoms with Gasteiger partial charge in [0, 0.05) is 53.7 Å². The molecular weight excluding hydrogens is 541 g/mol. The van der Waals surface area contributed by atoms with Crippen LogP contribution in [0.15, 0.2) is 158 Å². The standard InChI is InChI=1S/C40H26N2S/c1-3-13-29(14-4-1)41(31-20-19-27-11-7-8-12-28(27)25-31)32-21-23-36-35(26-32)39-37(42(36)30-15-5-2-6-16-30)24-22-34-33-17-9-10-18-38(33)43-40(34)39/h1-26H. The molecule has 7 aromatic carbocycles. The molecule has 0 saturated carbocycles. The molecule has 43 heavy (non-hydrogen) atoms. The smallest absolute Gasteiger partial charge is 0.0555 e. The van der Waals surface area contributed by atoms with Crippen molar-refractivity contribution in [2.24, 2.45) is 0 Å². The van der Waals surface area contributed by atoms with Gasteiger partial charge in [-0.3, -0.25) is 0 Å². The Morgan fingerprint density at radius 1 is 0.442 bits per heavy atom. The SMILES string of the molecule is c1ccc(N(c2ccc3ccccc3c2)c2ccc3c(c2)c2c4sc5ccccc5c4ccc2n3-c2ccccc2)cc1. The van der Waals surface area contributed by atoms with Gasteiger partial charge < -0.3 is 9.47 Å². The highest BCUT2D eigenvalue weighted by atomic mass is 32.1. The average molecular weight is 567 g/mol. The van der Waals surface area contributed by atoms with E-state index in [9.17, 15) is 0 Å². The number of thiophene rings is 1. The molecule has 3 heteroatoms. The van der Waals surface area contributed by atoms with Gasteiger partial charge in [0.05, 0.1) is 11.0 Å². The van der Waals surface area contributed by atoms with Crippen molar-refractivity contribution in [1.82, 2.24) is 4.57 Å². The molecule has 0 bridgehead atoms. The second-order valence-electron chi connectivity index (χ2n) is 11.0. The van der Waals surface area contributed by atoms with Crippen molar-refractivity contribution < 1.29 is 0 Å². The third-order valence-electron chi connectivity index (χ3n) is 8.53. The summed E-state index contributed by atoms with van der Waals surface area (Å²) in [6, 6.07) is 57.1. The van der Waals surface area contributed by atoms with E-state index in [1.165, 1.54) is 58.4 Å². The van der Waals surface area contributed by atoms with E-state index in [1.54, 1.807) is 0 Å². The molecule has 0 amide bonds. The number of rotatable bonds is 4. The van der Waals surface area contributed by atoms with Crippen LogP contribution in [0.25, 0.3) is 58.4 Å². The van der Waals surface area contributed by atoms with Crippen molar-refractivity contribution >= 4 is 81.1 Å². The second-order valence-corrected chi connectivity index (χ2v) is 12.1. The third kappa shape index (κ3) is 3.79. The van der Waals surface area contributed by atoms with Gasteiger partial charge in [-0.15, -0.1) is 11.3 Å². The molecule has 0 unspecified atom stereocenters. The molecule has 2 nitrogen and oxygen atoms in total. The van der Waals surface area contributed by atoms with Gasteiger partial charge in [0.1, 0.15) is 0 Å². The molecule has 202 valence electrons. The van der Waals surface area contributed by atoms with Crippen LogP contribution in [0.3, 0.4) is 0 Å². The van der Waals surface area contributed by atoms with Crippen LogP contribution >= 0.6 is 11.3 Å². The zero-order valence-corrected chi connectivity index (χ0v) is 24.1. The molecule has 0 saturated heterocycles. The van der Waals surface area contributed by atoms with Crippen molar-refractivity contribution in [3.63, 3.8) is 0 Å². The van der Waals surface area contributed by atoms with Crippen molar-refractivity contribution in [3.05, 3.63) is 158 Å². The zero-order valence-electron chi connectivity index (χ0n) is 23.3. The molecular formula is C40H26N2S. The predicted octanol–water partition coefficient (Wildman–Crippen LogP) is 11.8. The maximum atomic E-state index is 2.42. The summed E-state index contributed by atoms with van der Waals surface area (Å²) < 4.78 is 5.08. The van der Waals surface area contributed by atoms with Crippen LogP contribution in [0, 0.1) is 0 Å². The summed E-state index contributed by atoms with van der Waals surface area (Å²) >= 11 is 1.90. The molecule has 0 radical (unpaired) electrons. The zero-order chi connectivity index (χ0) is 28.3. The number of para-hydroxylation sites is 2. The lowest BCUT2D eigenvalue weighted by molar-refractivity contribution is 1.18. The Morgan fingerprint density at radius 2 is 1.12 bits per heavy atom. The molecule has 0 N–H and O–H groups in total. The Bertz CT molecular complexity index is 2450. The third-order valence-corrected chi connectivity index (χ3v) is 9.74. The fourth-order valence-electron chi connectivity index (χ4n) is 6.61. The Hall–Kier alpha value is -5.38. The summed E-state index contributed by atoms with van der Waals surface area (Å²) in [4.78, 5) is 2.38. The Labute approximate surface area is 253 Å². The van der Waals surface area contributed by atoms with E-state index >= 15 is 0 Å². The molecule has 0 fully saturated rings. The number of hydrogen-bond acceptors (Lipinski definition) is 2. The first-order valence-electron chi connectivity index (χ1n) is 14.6. The van der Waals surface area contributed by atoms with Gasteiger partial charge >= 0.3 is 0 Å². The summed E-state index contributed by atoms with van der Waals surface area (Å²) in [5, 5.41) is 7.69. The van der Waals surface area contributed by atoms with Gasteiger partial charge in [0.15, 0.2) is 0 Å². The second kappa shape index (κ2) is 9.59. The molecule has 9 rings (SSSR count). The first-order chi connectivity index (χ1) is 21.3. The first kappa shape index (κ1) is 24.2. The molecule has 9 aromatic rings. The van der Waals surface area contributed by atoms with Crippen LogP contribution < -0.4 is 4.90 Å². The van der Waals surface area contributed by atoms with Crippen molar-refractivity contribution in [2.45, 2.75) is 0 Å². The minimum Gasteiger partial charge on any atom is -0.310 e.